The van der Waals surface area contributed by atoms with Gasteiger partial charge >= 0.3 is 0 Å². The van der Waals surface area contributed by atoms with Gasteiger partial charge < -0.3 is 9.52 Å². The lowest BCUT2D eigenvalue weighted by Crippen LogP contribution is -2.36. The standard InChI is InChI=1S/C21H21N5O4S/c1-13-8-10-24(11-9-13)17(14-4-6-15(7-5-14)26(28)29)18-20(27)25-21(31-18)22-19(23-25)16-3-2-12-30-16/h2-7,12-13,17,27H,8-11H2,1H3. The highest BCUT2D eigenvalue weighted by Crippen LogP contribution is 2.42. The second-order valence-electron chi connectivity index (χ2n) is 7.87. The fourth-order valence-corrected chi connectivity index (χ4v) is 5.15. The Bertz CT molecular complexity index is 1210. The lowest BCUT2D eigenvalue weighted by molar-refractivity contribution is -0.384. The summed E-state index contributed by atoms with van der Waals surface area (Å²) in [6.45, 7) is 4.01. The van der Waals surface area contributed by atoms with Crippen LogP contribution in [0.2, 0.25) is 0 Å². The van der Waals surface area contributed by atoms with Crippen LogP contribution in [-0.4, -0.2) is 42.6 Å². The largest absolute Gasteiger partial charge is 0.492 e. The first kappa shape index (κ1) is 19.7. The number of likely N-dealkylation sites (tertiary alicyclic amines) is 1. The number of hydrogen-bond donors (Lipinski definition) is 1. The Balaban J connectivity index is 1.57. The van der Waals surface area contributed by atoms with Crippen LogP contribution in [0.3, 0.4) is 0 Å². The van der Waals surface area contributed by atoms with E-state index in [-0.39, 0.29) is 17.6 Å². The number of furan rings is 1. The summed E-state index contributed by atoms with van der Waals surface area (Å²) in [5, 5.41) is 26.6. The number of aromatic hydroxyl groups is 1. The Kier molecular flexibility index (Phi) is 4.95. The van der Waals surface area contributed by atoms with E-state index < -0.39 is 4.92 Å². The SMILES string of the molecule is CC1CCN(C(c2ccc([N+](=O)[O-])cc2)c2sc3nc(-c4ccco4)nn3c2O)CC1. The van der Waals surface area contributed by atoms with Crippen LogP contribution in [0.1, 0.15) is 36.2 Å². The van der Waals surface area contributed by atoms with Gasteiger partial charge in [0.25, 0.3) is 5.69 Å². The molecule has 1 fully saturated rings. The number of thiazole rings is 1. The maximum absolute atomic E-state index is 11.1. The number of hydrogen-bond acceptors (Lipinski definition) is 8. The van der Waals surface area contributed by atoms with Crippen molar-refractivity contribution in [3.63, 3.8) is 0 Å². The summed E-state index contributed by atoms with van der Waals surface area (Å²) in [4.78, 5) is 18.8. The number of nitrogens with zero attached hydrogens (tertiary/aromatic N) is 5. The average molecular weight is 439 g/mol. The molecule has 0 bridgehead atoms. The molecule has 1 aliphatic rings. The third kappa shape index (κ3) is 3.57. The lowest BCUT2D eigenvalue weighted by Gasteiger charge is -2.36. The zero-order valence-corrected chi connectivity index (χ0v) is 17.7. The number of nitro benzene ring substituents is 1. The van der Waals surface area contributed by atoms with Crippen molar-refractivity contribution in [2.75, 3.05) is 13.1 Å². The molecule has 1 aromatic carbocycles. The predicted octanol–water partition coefficient (Wildman–Crippen LogP) is 4.49. The molecular weight excluding hydrogens is 418 g/mol. The summed E-state index contributed by atoms with van der Waals surface area (Å²) in [5.41, 5.74) is 0.941. The van der Waals surface area contributed by atoms with Gasteiger partial charge in [-0.15, -0.1) is 5.10 Å². The van der Waals surface area contributed by atoms with Gasteiger partial charge in [-0.05, 0) is 49.5 Å². The molecule has 0 amide bonds. The van der Waals surface area contributed by atoms with E-state index in [1.54, 1.807) is 30.5 Å². The lowest BCUT2D eigenvalue weighted by atomic mass is 9.95. The summed E-state index contributed by atoms with van der Waals surface area (Å²) in [5.74, 6) is 1.64. The van der Waals surface area contributed by atoms with Crippen molar-refractivity contribution in [2.24, 2.45) is 5.92 Å². The Hall–Kier alpha value is -3.24. The summed E-state index contributed by atoms with van der Waals surface area (Å²) >= 11 is 1.37. The quantitative estimate of drug-likeness (QED) is 0.360. The number of nitro groups is 1. The van der Waals surface area contributed by atoms with E-state index >= 15 is 0 Å². The van der Waals surface area contributed by atoms with E-state index in [2.05, 4.69) is 21.9 Å². The molecule has 1 atom stereocenters. The first-order valence-corrected chi connectivity index (χ1v) is 10.9. The van der Waals surface area contributed by atoms with Gasteiger partial charge in [-0.25, -0.2) is 0 Å². The fourth-order valence-electron chi connectivity index (χ4n) is 4.03. The van der Waals surface area contributed by atoms with Crippen molar-refractivity contribution < 1.29 is 14.4 Å². The normalized spacial score (nSPS) is 16.7. The molecule has 0 aliphatic carbocycles. The summed E-state index contributed by atoms with van der Waals surface area (Å²) < 4.78 is 6.80. The van der Waals surface area contributed by atoms with Crippen LogP contribution in [0.25, 0.3) is 16.5 Å². The highest BCUT2D eigenvalue weighted by molar-refractivity contribution is 7.17. The minimum absolute atomic E-state index is 0.0345. The first-order valence-electron chi connectivity index (χ1n) is 10.1. The highest BCUT2D eigenvalue weighted by Gasteiger charge is 2.32. The summed E-state index contributed by atoms with van der Waals surface area (Å²) in [7, 11) is 0. The van der Waals surface area contributed by atoms with Gasteiger partial charge in [-0.1, -0.05) is 30.4 Å². The van der Waals surface area contributed by atoms with Crippen molar-refractivity contribution in [3.8, 4) is 17.5 Å². The maximum Gasteiger partial charge on any atom is 0.269 e. The number of non-ortho nitro benzene ring substituents is 1. The molecule has 1 N–H and O–H groups in total. The average Bonchev–Trinajstić information content (AvgIpc) is 3.49. The number of piperidine rings is 1. The van der Waals surface area contributed by atoms with E-state index in [4.69, 9.17) is 4.42 Å². The molecule has 5 rings (SSSR count). The molecule has 31 heavy (non-hydrogen) atoms. The van der Waals surface area contributed by atoms with Crippen LogP contribution >= 0.6 is 11.3 Å². The van der Waals surface area contributed by atoms with Crippen molar-refractivity contribution >= 4 is 22.0 Å². The molecule has 160 valence electrons. The summed E-state index contributed by atoms with van der Waals surface area (Å²) in [6, 6.07) is 9.86. The molecule has 1 unspecified atom stereocenters. The second-order valence-corrected chi connectivity index (χ2v) is 8.88. The van der Waals surface area contributed by atoms with Gasteiger partial charge in [0.1, 0.15) is 0 Å². The molecule has 4 aromatic rings. The minimum Gasteiger partial charge on any atom is -0.492 e. The van der Waals surface area contributed by atoms with Crippen molar-refractivity contribution in [2.45, 2.75) is 25.8 Å². The van der Waals surface area contributed by atoms with Gasteiger partial charge in [0.2, 0.25) is 16.7 Å². The molecule has 3 aromatic heterocycles. The topological polar surface area (TPSA) is 110 Å². The van der Waals surface area contributed by atoms with Crippen LogP contribution in [0.5, 0.6) is 5.88 Å². The van der Waals surface area contributed by atoms with E-state index in [1.807, 2.05) is 0 Å². The zero-order valence-electron chi connectivity index (χ0n) is 16.8. The van der Waals surface area contributed by atoms with Gasteiger partial charge in [0.05, 0.1) is 22.1 Å². The van der Waals surface area contributed by atoms with Gasteiger partial charge in [0, 0.05) is 12.1 Å². The molecule has 0 spiro atoms. The third-order valence-electron chi connectivity index (χ3n) is 5.79. The smallest absolute Gasteiger partial charge is 0.269 e. The van der Waals surface area contributed by atoms with Crippen molar-refractivity contribution in [3.05, 3.63) is 63.2 Å². The van der Waals surface area contributed by atoms with E-state index in [0.717, 1.165) is 36.4 Å². The number of benzene rings is 1. The van der Waals surface area contributed by atoms with Crippen LogP contribution < -0.4 is 0 Å². The molecule has 9 nitrogen and oxygen atoms in total. The molecule has 0 radical (unpaired) electrons. The maximum atomic E-state index is 11.1. The molecule has 1 aliphatic heterocycles. The molecule has 4 heterocycles. The summed E-state index contributed by atoms with van der Waals surface area (Å²) in [6.07, 6.45) is 3.68. The molecular formula is C21H21N5O4S. The van der Waals surface area contributed by atoms with Crippen LogP contribution in [0, 0.1) is 16.0 Å². The minimum atomic E-state index is -0.405. The van der Waals surface area contributed by atoms with Gasteiger partial charge in [-0.2, -0.15) is 9.50 Å². The number of fused-ring (bicyclic) bond motifs is 1. The Morgan fingerprint density at radius 2 is 2.00 bits per heavy atom. The van der Waals surface area contributed by atoms with E-state index in [9.17, 15) is 15.2 Å². The number of aromatic nitrogens is 3. The monoisotopic (exact) mass is 439 g/mol. The molecule has 10 heteroatoms. The Morgan fingerprint density at radius 1 is 1.26 bits per heavy atom. The third-order valence-corrected chi connectivity index (χ3v) is 6.87. The van der Waals surface area contributed by atoms with Crippen molar-refractivity contribution in [1.29, 1.82) is 0 Å². The van der Waals surface area contributed by atoms with E-state index in [1.165, 1.54) is 28.0 Å². The van der Waals surface area contributed by atoms with Gasteiger partial charge in [0.15, 0.2) is 5.76 Å². The Labute approximate surface area is 181 Å². The van der Waals surface area contributed by atoms with Crippen LogP contribution in [0.4, 0.5) is 5.69 Å². The molecule has 0 saturated carbocycles. The molecule has 1 saturated heterocycles. The van der Waals surface area contributed by atoms with Crippen LogP contribution in [0.15, 0.2) is 47.1 Å². The second kappa shape index (κ2) is 7.78. The fraction of sp³-hybridized carbons (Fsp3) is 0.333. The highest BCUT2D eigenvalue weighted by atomic mass is 32.1. The number of rotatable bonds is 5. The van der Waals surface area contributed by atoms with Crippen LogP contribution in [-0.2, 0) is 0 Å². The zero-order chi connectivity index (χ0) is 21.5. The van der Waals surface area contributed by atoms with E-state index in [0.29, 0.717) is 22.5 Å². The first-order chi connectivity index (χ1) is 15.0. The van der Waals surface area contributed by atoms with Gasteiger partial charge in [-0.3, -0.25) is 15.0 Å². The van der Waals surface area contributed by atoms with Crippen molar-refractivity contribution in [1.82, 2.24) is 19.5 Å². The predicted molar refractivity (Wildman–Crippen MR) is 115 cm³/mol. The Morgan fingerprint density at radius 3 is 2.61 bits per heavy atom.